The number of nitrogens with one attached hydrogen (secondary N) is 1. The van der Waals surface area contributed by atoms with E-state index in [1.54, 1.807) is 13.2 Å². The number of hydrogen-bond acceptors (Lipinski definition) is 5. The third kappa shape index (κ3) is 3.59. The monoisotopic (exact) mass is 281 g/mol. The number of furan rings is 1. The van der Waals surface area contributed by atoms with Gasteiger partial charge in [0.15, 0.2) is 5.76 Å². The van der Waals surface area contributed by atoms with Crippen LogP contribution in [-0.4, -0.2) is 37.6 Å². The van der Waals surface area contributed by atoms with Crippen LogP contribution >= 0.6 is 0 Å². The minimum atomic E-state index is -0.393. The lowest BCUT2D eigenvalue weighted by atomic mass is 9.98. The van der Waals surface area contributed by atoms with Gasteiger partial charge in [0.1, 0.15) is 5.76 Å². The van der Waals surface area contributed by atoms with E-state index in [4.69, 9.17) is 15.0 Å². The number of rotatable bonds is 5. The lowest BCUT2D eigenvalue weighted by molar-refractivity contribution is 0.0871. The molecule has 1 aliphatic rings. The number of carbonyl (C=O) groups excluding carboxylic acids is 1. The molecule has 3 N–H and O–H groups in total. The molecule has 1 atom stereocenters. The van der Waals surface area contributed by atoms with Crippen molar-refractivity contribution in [3.8, 4) is 0 Å². The predicted octanol–water partition coefficient (Wildman–Crippen LogP) is 1.05. The zero-order valence-corrected chi connectivity index (χ0v) is 12.1. The first-order valence-electron chi connectivity index (χ1n) is 6.95. The molecule has 112 valence electrons. The summed E-state index contributed by atoms with van der Waals surface area (Å²) in [5.74, 6) is 6.36. The van der Waals surface area contributed by atoms with Crippen LogP contribution in [0.4, 0.5) is 0 Å². The molecule has 1 aromatic heterocycles. The minimum Gasteiger partial charge on any atom is -0.456 e. The molecule has 0 spiro atoms. The maximum atomic E-state index is 11.4. The maximum Gasteiger partial charge on any atom is 0.300 e. The highest BCUT2D eigenvalue weighted by Crippen LogP contribution is 2.22. The number of nitrogen functional groups attached to an aromatic ring is 1. The Kier molecular flexibility index (Phi) is 5.17. The predicted molar refractivity (Wildman–Crippen MR) is 75.0 cm³/mol. The van der Waals surface area contributed by atoms with Crippen LogP contribution in [0.5, 0.6) is 0 Å². The van der Waals surface area contributed by atoms with Crippen molar-refractivity contribution in [3.63, 3.8) is 0 Å². The van der Waals surface area contributed by atoms with Gasteiger partial charge in [0.2, 0.25) is 0 Å². The fraction of sp³-hybridized carbons (Fsp3) is 0.643. The van der Waals surface area contributed by atoms with Crippen molar-refractivity contribution in [3.05, 3.63) is 23.2 Å². The summed E-state index contributed by atoms with van der Waals surface area (Å²) in [6.45, 7) is 5.58. The van der Waals surface area contributed by atoms with Crippen molar-refractivity contribution < 1.29 is 13.9 Å². The summed E-state index contributed by atoms with van der Waals surface area (Å²) in [5, 5.41) is 0. The summed E-state index contributed by atoms with van der Waals surface area (Å²) < 4.78 is 10.7. The fourth-order valence-corrected chi connectivity index (χ4v) is 2.77. The summed E-state index contributed by atoms with van der Waals surface area (Å²) in [6.07, 6.45) is 2.40. The van der Waals surface area contributed by atoms with Gasteiger partial charge in [-0.2, -0.15) is 0 Å². The van der Waals surface area contributed by atoms with Crippen molar-refractivity contribution in [2.24, 2.45) is 11.8 Å². The molecule has 1 aromatic rings. The highest BCUT2D eigenvalue weighted by Gasteiger charge is 2.22. The summed E-state index contributed by atoms with van der Waals surface area (Å²) >= 11 is 0. The number of hydrazine groups is 1. The summed E-state index contributed by atoms with van der Waals surface area (Å²) in [5.41, 5.74) is 3.13. The molecule has 0 saturated carbocycles. The molecule has 0 bridgehead atoms. The largest absolute Gasteiger partial charge is 0.456 e. The number of amides is 1. The van der Waals surface area contributed by atoms with Gasteiger partial charge in [0.25, 0.3) is 0 Å². The number of ether oxygens (including phenoxy) is 1. The first-order valence-corrected chi connectivity index (χ1v) is 6.95. The Morgan fingerprint density at radius 1 is 1.65 bits per heavy atom. The molecule has 2 rings (SSSR count). The Labute approximate surface area is 119 Å². The Balaban J connectivity index is 1.99. The summed E-state index contributed by atoms with van der Waals surface area (Å²) in [4.78, 5) is 13.8. The van der Waals surface area contributed by atoms with Crippen molar-refractivity contribution in [2.75, 3.05) is 26.8 Å². The van der Waals surface area contributed by atoms with Crippen LogP contribution in [0.2, 0.25) is 0 Å². The number of carbonyl (C=O) groups is 1. The van der Waals surface area contributed by atoms with Crippen molar-refractivity contribution in [2.45, 2.75) is 26.3 Å². The van der Waals surface area contributed by atoms with E-state index in [2.05, 4.69) is 10.3 Å². The standard InChI is InChI=1S/C14H23N3O3/c1-10-12(6-13(20-10)14(18)16-15)8-17-5-3-4-11(7-17)9-19-2/h6,11H,3-5,7-9,15H2,1-2H3,(H,16,18). The van der Waals surface area contributed by atoms with Crippen LogP contribution in [0.25, 0.3) is 0 Å². The Morgan fingerprint density at radius 2 is 2.45 bits per heavy atom. The molecule has 1 unspecified atom stereocenters. The molecule has 1 saturated heterocycles. The Bertz CT molecular complexity index is 457. The molecular weight excluding hydrogens is 258 g/mol. The minimum absolute atomic E-state index is 0.269. The van der Waals surface area contributed by atoms with Crippen LogP contribution in [0.15, 0.2) is 10.5 Å². The van der Waals surface area contributed by atoms with Crippen LogP contribution in [0.1, 0.15) is 34.7 Å². The first kappa shape index (κ1) is 15.0. The molecule has 2 heterocycles. The number of piperidine rings is 1. The Morgan fingerprint density at radius 3 is 3.15 bits per heavy atom. The molecule has 6 nitrogen and oxygen atoms in total. The van der Waals surface area contributed by atoms with E-state index in [0.29, 0.717) is 5.92 Å². The van der Waals surface area contributed by atoms with Gasteiger partial charge >= 0.3 is 5.91 Å². The molecule has 0 aromatic carbocycles. The van der Waals surface area contributed by atoms with E-state index < -0.39 is 5.91 Å². The van der Waals surface area contributed by atoms with Gasteiger partial charge in [-0.15, -0.1) is 0 Å². The SMILES string of the molecule is COCC1CCCN(Cc2cc(C(=O)NN)oc2C)C1. The molecule has 6 heteroatoms. The smallest absolute Gasteiger partial charge is 0.300 e. The van der Waals surface area contributed by atoms with Gasteiger partial charge < -0.3 is 9.15 Å². The van der Waals surface area contributed by atoms with Crippen LogP contribution in [0, 0.1) is 12.8 Å². The summed E-state index contributed by atoms with van der Waals surface area (Å²) in [7, 11) is 1.75. The van der Waals surface area contributed by atoms with Crippen LogP contribution < -0.4 is 11.3 Å². The number of nitrogens with zero attached hydrogens (tertiary/aromatic N) is 1. The number of methoxy groups -OCH3 is 1. The highest BCUT2D eigenvalue weighted by atomic mass is 16.5. The van der Waals surface area contributed by atoms with Crippen LogP contribution in [0.3, 0.4) is 0 Å². The normalized spacial score (nSPS) is 20.1. The van der Waals surface area contributed by atoms with E-state index in [1.165, 1.54) is 12.8 Å². The number of hydrogen-bond donors (Lipinski definition) is 2. The third-order valence-electron chi connectivity index (χ3n) is 3.77. The van der Waals surface area contributed by atoms with E-state index in [1.807, 2.05) is 6.92 Å². The molecule has 1 aliphatic heterocycles. The average Bonchev–Trinajstić information content (AvgIpc) is 2.80. The zero-order chi connectivity index (χ0) is 14.5. The quantitative estimate of drug-likeness (QED) is 0.479. The maximum absolute atomic E-state index is 11.4. The third-order valence-corrected chi connectivity index (χ3v) is 3.77. The number of nitrogens with two attached hydrogens (primary N) is 1. The fourth-order valence-electron chi connectivity index (χ4n) is 2.77. The van der Waals surface area contributed by atoms with Gasteiger partial charge in [-0.3, -0.25) is 15.1 Å². The van der Waals surface area contributed by atoms with Gasteiger partial charge in [-0.25, -0.2) is 5.84 Å². The first-order chi connectivity index (χ1) is 9.63. The van der Waals surface area contributed by atoms with E-state index in [-0.39, 0.29) is 5.76 Å². The zero-order valence-electron chi connectivity index (χ0n) is 12.1. The lowest BCUT2D eigenvalue weighted by Crippen LogP contribution is -2.36. The summed E-state index contributed by atoms with van der Waals surface area (Å²) in [6, 6.07) is 1.78. The molecular formula is C14H23N3O3. The van der Waals surface area contributed by atoms with Gasteiger partial charge in [-0.1, -0.05) is 0 Å². The molecule has 20 heavy (non-hydrogen) atoms. The van der Waals surface area contributed by atoms with Gasteiger partial charge in [-0.05, 0) is 38.3 Å². The molecule has 1 amide bonds. The Hall–Kier alpha value is -1.37. The average molecular weight is 281 g/mol. The van der Waals surface area contributed by atoms with Gasteiger partial charge in [0, 0.05) is 25.8 Å². The van der Waals surface area contributed by atoms with E-state index in [9.17, 15) is 4.79 Å². The topological polar surface area (TPSA) is 80.7 Å². The van der Waals surface area contributed by atoms with Crippen molar-refractivity contribution >= 4 is 5.91 Å². The van der Waals surface area contributed by atoms with Crippen LogP contribution in [-0.2, 0) is 11.3 Å². The second kappa shape index (κ2) is 6.88. The molecule has 0 aliphatic carbocycles. The van der Waals surface area contributed by atoms with Gasteiger partial charge in [0.05, 0.1) is 6.61 Å². The molecule has 0 radical (unpaired) electrons. The van der Waals surface area contributed by atoms with E-state index >= 15 is 0 Å². The van der Waals surface area contributed by atoms with E-state index in [0.717, 1.165) is 37.6 Å². The second-order valence-electron chi connectivity index (χ2n) is 5.36. The number of likely N-dealkylation sites (tertiary alicyclic amines) is 1. The highest BCUT2D eigenvalue weighted by molar-refractivity contribution is 5.91. The molecule has 1 fully saturated rings. The van der Waals surface area contributed by atoms with Crippen molar-refractivity contribution in [1.29, 1.82) is 0 Å². The lowest BCUT2D eigenvalue weighted by Gasteiger charge is -2.32. The number of aryl methyl sites for hydroxylation is 1. The second-order valence-corrected chi connectivity index (χ2v) is 5.36. The van der Waals surface area contributed by atoms with Crippen molar-refractivity contribution in [1.82, 2.24) is 10.3 Å².